The molecular weight excluding hydrogens is 352 g/mol. The van der Waals surface area contributed by atoms with Gasteiger partial charge in [-0.25, -0.2) is 0 Å². The van der Waals surface area contributed by atoms with Gasteiger partial charge in [0.2, 0.25) is 0 Å². The summed E-state index contributed by atoms with van der Waals surface area (Å²) in [4.78, 5) is 0. The van der Waals surface area contributed by atoms with E-state index >= 15 is 0 Å². The fourth-order valence-corrected chi connectivity index (χ4v) is 3.47. The summed E-state index contributed by atoms with van der Waals surface area (Å²) in [6, 6.07) is 0. The fourth-order valence-electron chi connectivity index (χ4n) is 3.47. The maximum Gasteiger partial charge on any atom is 0.160 e. The van der Waals surface area contributed by atoms with Gasteiger partial charge in [-0.05, 0) is 25.7 Å². The van der Waals surface area contributed by atoms with Crippen molar-refractivity contribution in [2.45, 2.75) is 109 Å². The molecule has 0 aromatic carbocycles. The SMILES string of the molecule is CCCCCCCCCCC/C=C\C=C\C(O)CC[C@H](C)[C@H]1OC[C@H](CO)O1. The minimum atomic E-state index is -0.435. The summed E-state index contributed by atoms with van der Waals surface area (Å²) in [6.45, 7) is 4.78. The van der Waals surface area contributed by atoms with Crippen LogP contribution in [0.2, 0.25) is 0 Å². The van der Waals surface area contributed by atoms with Gasteiger partial charge < -0.3 is 19.7 Å². The van der Waals surface area contributed by atoms with Gasteiger partial charge in [0.1, 0.15) is 6.10 Å². The Bertz CT molecular complexity index is 407. The topological polar surface area (TPSA) is 58.9 Å². The first-order chi connectivity index (χ1) is 13.7. The first-order valence-corrected chi connectivity index (χ1v) is 11.6. The van der Waals surface area contributed by atoms with Crippen molar-refractivity contribution in [3.63, 3.8) is 0 Å². The van der Waals surface area contributed by atoms with Crippen molar-refractivity contribution >= 4 is 0 Å². The molecule has 4 nitrogen and oxygen atoms in total. The van der Waals surface area contributed by atoms with Crippen LogP contribution in [-0.2, 0) is 9.47 Å². The van der Waals surface area contributed by atoms with Crippen LogP contribution in [-0.4, -0.2) is 41.9 Å². The Hall–Kier alpha value is -0.680. The second kappa shape index (κ2) is 17.2. The van der Waals surface area contributed by atoms with E-state index in [2.05, 4.69) is 19.9 Å². The molecule has 1 saturated heterocycles. The second-order valence-corrected chi connectivity index (χ2v) is 8.19. The standard InChI is InChI=1S/C24H44O4/c1-3-4-5-6-7-8-9-10-11-12-13-14-15-16-22(26)18-17-21(2)24-27-20-23(19-25)28-24/h13-16,21-26H,3-12,17-20H2,1-2H3/b14-13-,16-15+/t21-,22?,23-,24-/m0/s1. The lowest BCUT2D eigenvalue weighted by atomic mass is 10.0. The lowest BCUT2D eigenvalue weighted by Crippen LogP contribution is -2.22. The molecule has 164 valence electrons. The molecular formula is C24H44O4. The number of allylic oxidation sites excluding steroid dienone is 3. The molecule has 1 rings (SSSR count). The molecule has 0 aromatic rings. The third kappa shape index (κ3) is 12.7. The lowest BCUT2D eigenvalue weighted by Gasteiger charge is -2.19. The maximum absolute atomic E-state index is 10.1. The highest BCUT2D eigenvalue weighted by Crippen LogP contribution is 2.23. The molecule has 0 amide bonds. The summed E-state index contributed by atoms with van der Waals surface area (Å²) in [5, 5.41) is 19.1. The average Bonchev–Trinajstić information content (AvgIpc) is 3.19. The Labute approximate surface area is 173 Å². The van der Waals surface area contributed by atoms with E-state index in [1.165, 1.54) is 57.8 Å². The Morgan fingerprint density at radius 1 is 0.964 bits per heavy atom. The number of rotatable bonds is 17. The molecule has 28 heavy (non-hydrogen) atoms. The minimum absolute atomic E-state index is 0.0000350. The van der Waals surface area contributed by atoms with Crippen molar-refractivity contribution in [3.05, 3.63) is 24.3 Å². The molecule has 4 atom stereocenters. The molecule has 0 spiro atoms. The van der Waals surface area contributed by atoms with Crippen molar-refractivity contribution in [2.24, 2.45) is 5.92 Å². The molecule has 1 unspecified atom stereocenters. The lowest BCUT2D eigenvalue weighted by molar-refractivity contribution is -0.100. The summed E-state index contributed by atoms with van der Waals surface area (Å²) in [7, 11) is 0. The van der Waals surface area contributed by atoms with Gasteiger partial charge in [0, 0.05) is 5.92 Å². The Morgan fingerprint density at radius 2 is 1.64 bits per heavy atom. The fraction of sp³-hybridized carbons (Fsp3) is 0.833. The van der Waals surface area contributed by atoms with Gasteiger partial charge in [0.25, 0.3) is 0 Å². The van der Waals surface area contributed by atoms with Gasteiger partial charge in [-0.2, -0.15) is 0 Å². The molecule has 4 heteroatoms. The van der Waals surface area contributed by atoms with Crippen LogP contribution in [0.1, 0.15) is 90.9 Å². The van der Waals surface area contributed by atoms with Crippen molar-refractivity contribution in [1.29, 1.82) is 0 Å². The van der Waals surface area contributed by atoms with Crippen LogP contribution < -0.4 is 0 Å². The molecule has 0 radical (unpaired) electrons. The molecule has 0 saturated carbocycles. The van der Waals surface area contributed by atoms with Crippen LogP contribution in [0.4, 0.5) is 0 Å². The van der Waals surface area contributed by atoms with E-state index in [9.17, 15) is 5.11 Å². The van der Waals surface area contributed by atoms with Gasteiger partial charge in [-0.1, -0.05) is 89.5 Å². The molecule has 0 aliphatic carbocycles. The number of ether oxygens (including phenoxy) is 2. The zero-order valence-corrected chi connectivity index (χ0v) is 18.2. The summed E-state index contributed by atoms with van der Waals surface area (Å²) in [6.07, 6.45) is 22.1. The van der Waals surface area contributed by atoms with Gasteiger partial charge >= 0.3 is 0 Å². The molecule has 0 aromatic heterocycles. The maximum atomic E-state index is 10.1. The van der Waals surface area contributed by atoms with Crippen LogP contribution >= 0.6 is 0 Å². The second-order valence-electron chi connectivity index (χ2n) is 8.19. The first-order valence-electron chi connectivity index (χ1n) is 11.6. The Kier molecular flexibility index (Phi) is 15.6. The predicted molar refractivity (Wildman–Crippen MR) is 116 cm³/mol. The third-order valence-corrected chi connectivity index (χ3v) is 5.41. The highest BCUT2D eigenvalue weighted by Gasteiger charge is 2.29. The third-order valence-electron chi connectivity index (χ3n) is 5.41. The largest absolute Gasteiger partial charge is 0.394 e. The van der Waals surface area contributed by atoms with Crippen LogP contribution in [0.15, 0.2) is 24.3 Å². The Morgan fingerprint density at radius 3 is 2.29 bits per heavy atom. The van der Waals surface area contributed by atoms with E-state index in [1.54, 1.807) is 0 Å². The normalized spacial score (nSPS) is 22.4. The number of aliphatic hydroxyl groups excluding tert-OH is 2. The van der Waals surface area contributed by atoms with Gasteiger partial charge in [-0.3, -0.25) is 0 Å². The molecule has 2 N–H and O–H groups in total. The van der Waals surface area contributed by atoms with E-state index in [4.69, 9.17) is 14.6 Å². The molecule has 1 aliphatic rings. The van der Waals surface area contributed by atoms with Gasteiger partial charge in [-0.15, -0.1) is 0 Å². The summed E-state index contributed by atoms with van der Waals surface area (Å²) in [5.74, 6) is 0.210. The number of hydrogen-bond acceptors (Lipinski definition) is 4. The quantitative estimate of drug-likeness (QED) is 0.251. The highest BCUT2D eigenvalue weighted by molar-refractivity contribution is 5.04. The first kappa shape index (κ1) is 25.4. The van der Waals surface area contributed by atoms with Crippen LogP contribution in [0.25, 0.3) is 0 Å². The van der Waals surface area contributed by atoms with Gasteiger partial charge in [0.05, 0.1) is 19.3 Å². The average molecular weight is 397 g/mol. The van der Waals surface area contributed by atoms with Crippen LogP contribution in [0.3, 0.4) is 0 Å². The number of hydrogen-bond donors (Lipinski definition) is 2. The molecule has 1 fully saturated rings. The monoisotopic (exact) mass is 396 g/mol. The van der Waals surface area contributed by atoms with E-state index < -0.39 is 6.10 Å². The van der Waals surface area contributed by atoms with Crippen LogP contribution in [0, 0.1) is 5.92 Å². The number of unbranched alkanes of at least 4 members (excludes halogenated alkanes) is 9. The van der Waals surface area contributed by atoms with E-state index in [0.717, 1.165) is 12.8 Å². The molecule has 1 heterocycles. The predicted octanol–water partition coefficient (Wildman–Crippen LogP) is 5.53. The van der Waals surface area contributed by atoms with Crippen LogP contribution in [0.5, 0.6) is 0 Å². The van der Waals surface area contributed by atoms with Crippen molar-refractivity contribution in [1.82, 2.24) is 0 Å². The minimum Gasteiger partial charge on any atom is -0.394 e. The zero-order chi connectivity index (χ0) is 20.5. The molecule has 0 bridgehead atoms. The molecule has 1 aliphatic heterocycles. The van der Waals surface area contributed by atoms with E-state index in [-0.39, 0.29) is 24.9 Å². The van der Waals surface area contributed by atoms with E-state index in [0.29, 0.717) is 13.0 Å². The highest BCUT2D eigenvalue weighted by atomic mass is 16.7. The Balaban J connectivity index is 1.96. The van der Waals surface area contributed by atoms with Crippen molar-refractivity contribution < 1.29 is 19.7 Å². The number of aliphatic hydroxyl groups is 2. The van der Waals surface area contributed by atoms with Gasteiger partial charge in [0.15, 0.2) is 6.29 Å². The van der Waals surface area contributed by atoms with Crippen molar-refractivity contribution in [2.75, 3.05) is 13.2 Å². The van der Waals surface area contributed by atoms with E-state index in [1.807, 2.05) is 18.2 Å². The summed E-state index contributed by atoms with van der Waals surface area (Å²) < 4.78 is 11.1. The zero-order valence-electron chi connectivity index (χ0n) is 18.2. The summed E-state index contributed by atoms with van der Waals surface area (Å²) in [5.41, 5.74) is 0. The summed E-state index contributed by atoms with van der Waals surface area (Å²) >= 11 is 0. The smallest absolute Gasteiger partial charge is 0.160 e. The van der Waals surface area contributed by atoms with Crippen molar-refractivity contribution in [3.8, 4) is 0 Å².